The molecule has 0 amide bonds. The molecule has 1 aromatic carbocycles. The van der Waals surface area contributed by atoms with Gasteiger partial charge in [-0.3, -0.25) is 9.58 Å². The van der Waals surface area contributed by atoms with E-state index >= 15 is 0 Å². The highest BCUT2D eigenvalue weighted by Gasteiger charge is 2.30. The summed E-state index contributed by atoms with van der Waals surface area (Å²) in [5.74, 6) is -0.0281. The molecule has 1 aliphatic rings. The van der Waals surface area contributed by atoms with E-state index in [-0.39, 0.29) is 11.4 Å². The molecule has 182 valence electrons. The molecule has 0 spiro atoms. The van der Waals surface area contributed by atoms with E-state index in [1.165, 1.54) is 6.07 Å². The average Bonchev–Trinajstić information content (AvgIpc) is 3.47. The Kier molecular flexibility index (Phi) is 5.45. The molecule has 10 heteroatoms. The number of phenolic OH excluding ortho intramolecular Hbond substituents is 1. The maximum absolute atomic E-state index is 14.5. The number of aryl methyl sites for hydroxylation is 2. The first-order valence-corrected chi connectivity index (χ1v) is 11.9. The Morgan fingerprint density at radius 1 is 1.00 bits per heavy atom. The van der Waals surface area contributed by atoms with Crippen LogP contribution in [0.2, 0.25) is 0 Å². The third-order valence-corrected chi connectivity index (χ3v) is 6.59. The number of rotatable bonds is 6. The number of phenols is 1. The molecular formula is C26H25FN8O. The maximum Gasteiger partial charge on any atom is 0.173 e. The summed E-state index contributed by atoms with van der Waals surface area (Å²) in [7, 11) is 0. The molecule has 0 saturated carbocycles. The van der Waals surface area contributed by atoms with E-state index < -0.39 is 5.82 Å². The number of aromatic nitrogens is 7. The van der Waals surface area contributed by atoms with E-state index in [1.807, 2.05) is 42.9 Å². The normalized spacial score (nSPS) is 14.4. The number of pyridine rings is 1. The maximum atomic E-state index is 14.5. The molecule has 1 N–H and O–H groups in total. The summed E-state index contributed by atoms with van der Waals surface area (Å²) in [5.41, 5.74) is 5.43. The van der Waals surface area contributed by atoms with Gasteiger partial charge in [0.15, 0.2) is 11.5 Å². The zero-order valence-corrected chi connectivity index (χ0v) is 20.0. The minimum Gasteiger partial charge on any atom is -0.507 e. The van der Waals surface area contributed by atoms with E-state index in [9.17, 15) is 9.50 Å². The second-order valence-corrected chi connectivity index (χ2v) is 9.22. The molecule has 0 unspecified atom stereocenters. The zero-order chi connectivity index (χ0) is 24.8. The fourth-order valence-electron chi connectivity index (χ4n) is 4.65. The Hall–Kier alpha value is -4.18. The van der Waals surface area contributed by atoms with E-state index in [0.717, 1.165) is 43.3 Å². The Balaban J connectivity index is 1.15. The third kappa shape index (κ3) is 4.09. The first-order valence-electron chi connectivity index (χ1n) is 11.9. The number of nitrogens with zero attached hydrogens (tertiary/aromatic N) is 8. The minimum atomic E-state index is -0.410. The monoisotopic (exact) mass is 484 g/mol. The molecule has 0 radical (unpaired) electrons. The number of likely N-dealkylation sites (tertiary alicyclic amines) is 1. The first kappa shape index (κ1) is 22.3. The van der Waals surface area contributed by atoms with Crippen molar-refractivity contribution in [2.75, 3.05) is 13.1 Å². The van der Waals surface area contributed by atoms with Gasteiger partial charge in [0.25, 0.3) is 0 Å². The molecular weight excluding hydrogens is 459 g/mol. The lowest BCUT2D eigenvalue weighted by Crippen LogP contribution is -2.44. The number of halogens is 1. The van der Waals surface area contributed by atoms with Gasteiger partial charge in [-0.1, -0.05) is 11.3 Å². The molecule has 0 atom stereocenters. The number of aromatic hydroxyl groups is 1. The van der Waals surface area contributed by atoms with Crippen LogP contribution in [-0.2, 0) is 13.1 Å². The second-order valence-electron chi connectivity index (χ2n) is 9.22. The summed E-state index contributed by atoms with van der Waals surface area (Å²) < 4.78 is 18.0. The molecule has 5 heterocycles. The molecule has 6 rings (SSSR count). The van der Waals surface area contributed by atoms with Crippen LogP contribution in [-0.4, -0.2) is 57.7 Å². The standard InChI is InChI=1S/C26H25FN8O/c1-3-35-15-20(29-32-35)14-33-11-19(12-33)23-6-7-24(31-30-23)21-5-4-17(9-25(21)36)18-8-22(27)26-28-16(2)10-34(26)13-18/h4-10,13,15,19,36H,3,11-12,14H2,1-2H3. The van der Waals surface area contributed by atoms with Gasteiger partial charge < -0.3 is 9.51 Å². The average molecular weight is 485 g/mol. The minimum absolute atomic E-state index is 0.0619. The van der Waals surface area contributed by atoms with E-state index in [0.29, 0.717) is 28.3 Å². The molecule has 1 aliphatic heterocycles. The third-order valence-electron chi connectivity index (χ3n) is 6.59. The molecule has 0 bridgehead atoms. The number of hydrogen-bond acceptors (Lipinski definition) is 7. The van der Waals surface area contributed by atoms with Gasteiger partial charge in [-0.25, -0.2) is 9.37 Å². The van der Waals surface area contributed by atoms with Gasteiger partial charge in [-0.2, -0.15) is 10.2 Å². The van der Waals surface area contributed by atoms with Crippen LogP contribution >= 0.6 is 0 Å². The lowest BCUT2D eigenvalue weighted by atomic mass is 9.95. The largest absolute Gasteiger partial charge is 0.507 e. The Morgan fingerprint density at radius 3 is 2.58 bits per heavy atom. The van der Waals surface area contributed by atoms with Crippen molar-refractivity contribution in [1.29, 1.82) is 0 Å². The Bertz CT molecular complexity index is 1550. The second kappa shape index (κ2) is 8.80. The molecule has 9 nitrogen and oxygen atoms in total. The van der Waals surface area contributed by atoms with Gasteiger partial charge in [0, 0.05) is 61.8 Å². The molecule has 36 heavy (non-hydrogen) atoms. The van der Waals surface area contributed by atoms with E-state index in [2.05, 4.69) is 30.4 Å². The number of hydrogen-bond donors (Lipinski definition) is 1. The fourth-order valence-corrected chi connectivity index (χ4v) is 4.65. The smallest absolute Gasteiger partial charge is 0.173 e. The number of benzene rings is 1. The van der Waals surface area contributed by atoms with E-state index in [1.54, 1.807) is 28.9 Å². The summed E-state index contributed by atoms with van der Waals surface area (Å²) in [6.45, 7) is 7.24. The van der Waals surface area contributed by atoms with Gasteiger partial charge in [0.05, 0.1) is 22.8 Å². The van der Waals surface area contributed by atoms with Crippen molar-refractivity contribution in [2.24, 2.45) is 0 Å². The molecule has 1 fully saturated rings. The predicted octanol–water partition coefficient (Wildman–Crippen LogP) is 3.82. The van der Waals surface area contributed by atoms with Crippen molar-refractivity contribution in [1.82, 2.24) is 39.5 Å². The van der Waals surface area contributed by atoms with Gasteiger partial charge >= 0.3 is 0 Å². The van der Waals surface area contributed by atoms with Gasteiger partial charge in [-0.05, 0) is 49.7 Å². The summed E-state index contributed by atoms with van der Waals surface area (Å²) in [6, 6.07) is 10.5. The SMILES string of the molecule is CCn1cc(CN2CC(c3ccc(-c4ccc(-c5cc(F)c6nc(C)cn6c5)cc4O)nn3)C2)nn1. The van der Waals surface area contributed by atoms with Crippen molar-refractivity contribution in [3.05, 3.63) is 77.9 Å². The topological polar surface area (TPSA) is 97.3 Å². The van der Waals surface area contributed by atoms with Gasteiger partial charge in [0.1, 0.15) is 5.75 Å². The van der Waals surface area contributed by atoms with Crippen LogP contribution in [0.5, 0.6) is 5.75 Å². The van der Waals surface area contributed by atoms with Crippen molar-refractivity contribution < 1.29 is 9.50 Å². The van der Waals surface area contributed by atoms with Crippen LogP contribution in [0.3, 0.4) is 0 Å². The molecule has 0 aliphatic carbocycles. The highest BCUT2D eigenvalue weighted by Crippen LogP contribution is 2.34. The summed E-state index contributed by atoms with van der Waals surface area (Å²) in [6.07, 6.45) is 5.55. The molecule has 5 aromatic rings. The predicted molar refractivity (Wildman–Crippen MR) is 132 cm³/mol. The van der Waals surface area contributed by atoms with Crippen molar-refractivity contribution in [3.8, 4) is 28.1 Å². The van der Waals surface area contributed by atoms with Gasteiger partial charge in [-0.15, -0.1) is 5.10 Å². The van der Waals surface area contributed by atoms with Crippen LogP contribution in [0.25, 0.3) is 28.0 Å². The summed E-state index contributed by atoms with van der Waals surface area (Å²) >= 11 is 0. The number of fused-ring (bicyclic) bond motifs is 1. The summed E-state index contributed by atoms with van der Waals surface area (Å²) in [5, 5.41) is 27.8. The van der Waals surface area contributed by atoms with E-state index in [4.69, 9.17) is 0 Å². The quantitative estimate of drug-likeness (QED) is 0.391. The lowest BCUT2D eigenvalue weighted by Gasteiger charge is -2.38. The van der Waals surface area contributed by atoms with Crippen LogP contribution in [0.4, 0.5) is 4.39 Å². The fraction of sp³-hybridized carbons (Fsp3) is 0.269. The van der Waals surface area contributed by atoms with Gasteiger partial charge in [0.2, 0.25) is 0 Å². The summed E-state index contributed by atoms with van der Waals surface area (Å²) in [4.78, 5) is 6.50. The van der Waals surface area contributed by atoms with Crippen LogP contribution in [0.1, 0.15) is 29.9 Å². The van der Waals surface area contributed by atoms with Crippen LogP contribution < -0.4 is 0 Å². The highest BCUT2D eigenvalue weighted by atomic mass is 19.1. The Labute approximate surface area is 206 Å². The molecule has 4 aromatic heterocycles. The van der Waals surface area contributed by atoms with Crippen LogP contribution in [0.15, 0.2) is 55.0 Å². The highest BCUT2D eigenvalue weighted by molar-refractivity contribution is 5.74. The van der Waals surface area contributed by atoms with Crippen molar-refractivity contribution in [3.63, 3.8) is 0 Å². The van der Waals surface area contributed by atoms with Crippen molar-refractivity contribution >= 4 is 5.65 Å². The van der Waals surface area contributed by atoms with Crippen molar-refractivity contribution in [2.45, 2.75) is 32.9 Å². The zero-order valence-electron chi connectivity index (χ0n) is 20.0. The Morgan fingerprint density at radius 2 is 1.86 bits per heavy atom. The van der Waals surface area contributed by atoms with Crippen LogP contribution in [0, 0.1) is 12.7 Å². The first-order chi connectivity index (χ1) is 17.5. The lowest BCUT2D eigenvalue weighted by molar-refractivity contribution is 0.135. The number of imidazole rings is 1. The molecule has 1 saturated heterocycles.